The van der Waals surface area contributed by atoms with Crippen LogP contribution in [0.2, 0.25) is 0 Å². The summed E-state index contributed by atoms with van der Waals surface area (Å²) >= 11 is 3.14. The van der Waals surface area contributed by atoms with Crippen LogP contribution in [0.25, 0.3) is 0 Å². The maximum Gasteiger partial charge on any atom is 0.278 e. The lowest BCUT2D eigenvalue weighted by molar-refractivity contribution is 0.963. The van der Waals surface area contributed by atoms with Crippen molar-refractivity contribution < 1.29 is 0 Å². The van der Waals surface area contributed by atoms with Crippen molar-refractivity contribution >= 4 is 15.9 Å². The fraction of sp³-hybridized carbons (Fsp3) is 0.400. The lowest BCUT2D eigenvalue weighted by atomic mass is 10.3. The van der Waals surface area contributed by atoms with Gasteiger partial charge in [0.2, 0.25) is 0 Å². The van der Waals surface area contributed by atoms with Gasteiger partial charge in [0.05, 0.1) is 5.69 Å². The van der Waals surface area contributed by atoms with Crippen LogP contribution in [0.15, 0.2) is 9.27 Å². The summed E-state index contributed by atoms with van der Waals surface area (Å²) < 4.78 is 0.616. The molecule has 0 radical (unpaired) electrons. The smallest absolute Gasteiger partial charge is 0.278 e. The average Bonchev–Trinajstić information content (AvgIpc) is 2.15. The Hall–Kier alpha value is -0.510. The van der Waals surface area contributed by atoms with E-state index in [4.69, 9.17) is 0 Å². The van der Waals surface area contributed by atoms with Gasteiger partial charge in [0.25, 0.3) is 5.56 Å². The van der Waals surface area contributed by atoms with Crippen LogP contribution in [0.3, 0.4) is 0 Å². The predicted octanol–water partition coefficient (Wildman–Crippen LogP) is 1.03. The van der Waals surface area contributed by atoms with Crippen LogP contribution in [0.4, 0.5) is 0 Å². The fourth-order valence-corrected chi connectivity index (χ4v) is 1.10. The summed E-state index contributed by atoms with van der Waals surface area (Å²) in [4.78, 5) is 10.7. The standard InChI is InChI=1S/C5H7BrN2O/c1-2-3-4(6)5(9)8-7-3/h2H2,1H3,(H2,7,8,9). The van der Waals surface area contributed by atoms with E-state index in [0.29, 0.717) is 4.47 Å². The number of hydrogen-bond acceptors (Lipinski definition) is 1. The molecule has 0 unspecified atom stereocenters. The molecular weight excluding hydrogens is 184 g/mol. The van der Waals surface area contributed by atoms with Crippen molar-refractivity contribution in [2.24, 2.45) is 0 Å². The van der Waals surface area contributed by atoms with E-state index in [1.54, 1.807) is 0 Å². The Morgan fingerprint density at radius 3 is 2.44 bits per heavy atom. The monoisotopic (exact) mass is 190 g/mol. The molecule has 1 aromatic rings. The van der Waals surface area contributed by atoms with Crippen LogP contribution in [0, 0.1) is 0 Å². The van der Waals surface area contributed by atoms with Gasteiger partial charge in [-0.3, -0.25) is 9.89 Å². The Bertz CT molecular complexity index is 250. The van der Waals surface area contributed by atoms with Gasteiger partial charge in [-0.25, -0.2) is 0 Å². The van der Waals surface area contributed by atoms with Gasteiger partial charge in [0.1, 0.15) is 4.47 Å². The van der Waals surface area contributed by atoms with Crippen molar-refractivity contribution in [1.82, 2.24) is 10.2 Å². The molecule has 2 N–H and O–H groups in total. The second kappa shape index (κ2) is 2.39. The molecule has 0 saturated carbocycles. The summed E-state index contributed by atoms with van der Waals surface area (Å²) in [5.74, 6) is 0. The minimum absolute atomic E-state index is 0.0909. The van der Waals surface area contributed by atoms with E-state index >= 15 is 0 Å². The quantitative estimate of drug-likeness (QED) is 0.684. The second-order valence-corrected chi connectivity index (χ2v) is 2.52. The van der Waals surface area contributed by atoms with E-state index < -0.39 is 0 Å². The highest BCUT2D eigenvalue weighted by atomic mass is 79.9. The van der Waals surface area contributed by atoms with Crippen molar-refractivity contribution in [3.63, 3.8) is 0 Å². The normalized spacial score (nSPS) is 10.0. The van der Waals surface area contributed by atoms with Crippen molar-refractivity contribution in [2.45, 2.75) is 13.3 Å². The van der Waals surface area contributed by atoms with Gasteiger partial charge in [-0.15, -0.1) is 0 Å². The van der Waals surface area contributed by atoms with Crippen LogP contribution >= 0.6 is 15.9 Å². The zero-order valence-electron chi connectivity index (χ0n) is 4.99. The topological polar surface area (TPSA) is 48.6 Å². The first-order valence-corrected chi connectivity index (χ1v) is 3.50. The molecule has 4 heteroatoms. The predicted molar refractivity (Wildman–Crippen MR) is 38.5 cm³/mol. The van der Waals surface area contributed by atoms with Crippen LogP contribution in [-0.2, 0) is 6.42 Å². The number of H-pyrrole nitrogens is 2. The molecule has 0 aliphatic rings. The van der Waals surface area contributed by atoms with Gasteiger partial charge in [-0.1, -0.05) is 6.92 Å². The molecule has 0 bridgehead atoms. The lowest BCUT2D eigenvalue weighted by Crippen LogP contribution is -1.97. The van der Waals surface area contributed by atoms with Gasteiger partial charge in [0.15, 0.2) is 0 Å². The maximum atomic E-state index is 10.7. The minimum atomic E-state index is -0.0909. The van der Waals surface area contributed by atoms with Crippen molar-refractivity contribution in [3.05, 3.63) is 20.5 Å². The highest BCUT2D eigenvalue weighted by Crippen LogP contribution is 2.06. The summed E-state index contributed by atoms with van der Waals surface area (Å²) in [6.45, 7) is 1.98. The third kappa shape index (κ3) is 1.08. The van der Waals surface area contributed by atoms with E-state index in [-0.39, 0.29) is 5.56 Å². The molecule has 0 saturated heterocycles. The molecule has 0 fully saturated rings. The molecule has 0 aromatic carbocycles. The summed E-state index contributed by atoms with van der Waals surface area (Å²) in [7, 11) is 0. The number of nitrogens with one attached hydrogen (secondary N) is 2. The molecule has 50 valence electrons. The first-order chi connectivity index (χ1) is 4.25. The van der Waals surface area contributed by atoms with Gasteiger partial charge < -0.3 is 5.10 Å². The Labute approximate surface area is 60.6 Å². The van der Waals surface area contributed by atoms with Gasteiger partial charge in [-0.2, -0.15) is 0 Å². The van der Waals surface area contributed by atoms with E-state index in [1.165, 1.54) is 0 Å². The molecule has 3 nitrogen and oxygen atoms in total. The fourth-order valence-electron chi connectivity index (χ4n) is 0.623. The molecular formula is C5H7BrN2O. The number of halogens is 1. The van der Waals surface area contributed by atoms with Crippen LogP contribution < -0.4 is 5.56 Å². The number of rotatable bonds is 1. The Morgan fingerprint density at radius 2 is 2.22 bits per heavy atom. The maximum absolute atomic E-state index is 10.7. The van der Waals surface area contributed by atoms with E-state index in [9.17, 15) is 4.79 Å². The van der Waals surface area contributed by atoms with Crippen molar-refractivity contribution in [3.8, 4) is 0 Å². The Kier molecular flexibility index (Phi) is 1.75. The van der Waals surface area contributed by atoms with Crippen molar-refractivity contribution in [2.75, 3.05) is 0 Å². The minimum Gasteiger partial charge on any atom is -0.301 e. The number of hydrogen-bond donors (Lipinski definition) is 2. The van der Waals surface area contributed by atoms with E-state index in [2.05, 4.69) is 26.1 Å². The second-order valence-electron chi connectivity index (χ2n) is 1.73. The number of aromatic amines is 2. The van der Waals surface area contributed by atoms with Crippen LogP contribution in [0.1, 0.15) is 12.6 Å². The zero-order valence-corrected chi connectivity index (χ0v) is 6.58. The third-order valence-electron chi connectivity index (χ3n) is 1.14. The average molecular weight is 191 g/mol. The van der Waals surface area contributed by atoms with Crippen LogP contribution in [-0.4, -0.2) is 10.2 Å². The Balaban J connectivity index is 3.20. The van der Waals surface area contributed by atoms with Gasteiger partial charge >= 0.3 is 0 Å². The largest absolute Gasteiger partial charge is 0.301 e. The summed E-state index contributed by atoms with van der Waals surface area (Å²) in [6.07, 6.45) is 0.833. The molecule has 0 aliphatic heterocycles. The Morgan fingerprint density at radius 1 is 1.56 bits per heavy atom. The number of aryl methyl sites for hydroxylation is 1. The third-order valence-corrected chi connectivity index (χ3v) is 1.98. The number of aromatic nitrogens is 2. The first-order valence-electron chi connectivity index (χ1n) is 2.70. The zero-order chi connectivity index (χ0) is 6.85. The molecule has 0 spiro atoms. The van der Waals surface area contributed by atoms with Gasteiger partial charge in [0, 0.05) is 0 Å². The summed E-state index contributed by atoms with van der Waals surface area (Å²) in [6, 6.07) is 0. The molecule has 0 amide bonds. The highest BCUT2D eigenvalue weighted by Gasteiger charge is 2.01. The highest BCUT2D eigenvalue weighted by molar-refractivity contribution is 9.10. The van der Waals surface area contributed by atoms with E-state index in [0.717, 1.165) is 12.1 Å². The van der Waals surface area contributed by atoms with Gasteiger partial charge in [-0.05, 0) is 22.4 Å². The van der Waals surface area contributed by atoms with Crippen LogP contribution in [0.5, 0.6) is 0 Å². The molecule has 1 rings (SSSR count). The SMILES string of the molecule is CCc1[nH][nH]c(=O)c1Br. The molecule has 1 aromatic heterocycles. The molecule has 1 heterocycles. The first kappa shape index (κ1) is 6.61. The summed E-state index contributed by atoms with van der Waals surface area (Å²) in [5, 5.41) is 5.20. The molecule has 0 atom stereocenters. The summed E-state index contributed by atoms with van der Waals surface area (Å²) in [5.41, 5.74) is 0.826. The molecule has 0 aliphatic carbocycles. The molecule has 9 heavy (non-hydrogen) atoms. The van der Waals surface area contributed by atoms with Crippen molar-refractivity contribution in [1.29, 1.82) is 0 Å². The van der Waals surface area contributed by atoms with E-state index in [1.807, 2.05) is 6.92 Å². The lowest BCUT2D eigenvalue weighted by Gasteiger charge is -1.84.